The van der Waals surface area contributed by atoms with Gasteiger partial charge in [-0.2, -0.15) is 0 Å². The molecular formula is C30H40N2O2. The molecule has 0 atom stereocenters. The second kappa shape index (κ2) is 13.3. The SMILES string of the molecule is Cc1ccc(C(=O)N(Cc2cccc(C#CCCCO)c2)C2CCN(CCC(C)C)CC2)cc1. The van der Waals surface area contributed by atoms with Crippen molar-refractivity contribution in [2.75, 3.05) is 26.2 Å². The Morgan fingerprint density at radius 1 is 1.15 bits per heavy atom. The van der Waals surface area contributed by atoms with Gasteiger partial charge in [-0.05, 0) is 74.9 Å². The minimum Gasteiger partial charge on any atom is -0.396 e. The number of carbonyl (C=O) groups is 1. The zero-order valence-corrected chi connectivity index (χ0v) is 21.1. The van der Waals surface area contributed by atoms with E-state index >= 15 is 0 Å². The molecule has 3 rings (SSSR count). The van der Waals surface area contributed by atoms with Crippen LogP contribution >= 0.6 is 0 Å². The van der Waals surface area contributed by atoms with E-state index in [9.17, 15) is 4.79 Å². The second-order valence-electron chi connectivity index (χ2n) is 9.88. The fourth-order valence-electron chi connectivity index (χ4n) is 4.40. The third kappa shape index (κ3) is 8.01. The van der Waals surface area contributed by atoms with Crippen LogP contribution in [-0.2, 0) is 6.54 Å². The van der Waals surface area contributed by atoms with E-state index in [-0.39, 0.29) is 18.6 Å². The summed E-state index contributed by atoms with van der Waals surface area (Å²) in [6.45, 7) is 10.6. The highest BCUT2D eigenvalue weighted by Gasteiger charge is 2.28. The van der Waals surface area contributed by atoms with Crippen molar-refractivity contribution in [3.63, 3.8) is 0 Å². The zero-order chi connectivity index (χ0) is 24.3. The maximum Gasteiger partial charge on any atom is 0.254 e. The minimum absolute atomic E-state index is 0.111. The minimum atomic E-state index is 0.111. The van der Waals surface area contributed by atoms with E-state index in [1.807, 2.05) is 43.3 Å². The predicted molar refractivity (Wildman–Crippen MR) is 140 cm³/mol. The van der Waals surface area contributed by atoms with Crippen molar-refractivity contribution in [2.45, 2.75) is 65.5 Å². The molecule has 0 bridgehead atoms. The first-order valence-corrected chi connectivity index (χ1v) is 12.7. The molecule has 0 radical (unpaired) electrons. The average Bonchev–Trinajstić information content (AvgIpc) is 2.85. The summed E-state index contributed by atoms with van der Waals surface area (Å²) in [6, 6.07) is 16.4. The van der Waals surface area contributed by atoms with Crippen molar-refractivity contribution in [3.8, 4) is 11.8 Å². The first-order chi connectivity index (χ1) is 16.5. The van der Waals surface area contributed by atoms with Gasteiger partial charge in [0.15, 0.2) is 0 Å². The number of aryl methyl sites for hydroxylation is 1. The van der Waals surface area contributed by atoms with Gasteiger partial charge in [0, 0.05) is 49.8 Å². The lowest BCUT2D eigenvalue weighted by Gasteiger charge is -2.39. The Morgan fingerprint density at radius 3 is 2.56 bits per heavy atom. The van der Waals surface area contributed by atoms with Gasteiger partial charge in [0.25, 0.3) is 5.91 Å². The van der Waals surface area contributed by atoms with E-state index in [0.717, 1.165) is 60.6 Å². The molecule has 2 aromatic carbocycles. The lowest BCUT2D eigenvalue weighted by Crippen LogP contribution is -2.47. The summed E-state index contributed by atoms with van der Waals surface area (Å²) < 4.78 is 0. The van der Waals surface area contributed by atoms with Crippen LogP contribution in [0.1, 0.15) is 73.0 Å². The summed E-state index contributed by atoms with van der Waals surface area (Å²) >= 11 is 0. The molecule has 4 heteroatoms. The lowest BCUT2D eigenvalue weighted by atomic mass is 9.99. The number of likely N-dealkylation sites (tertiary alicyclic amines) is 1. The Balaban J connectivity index is 1.75. The summed E-state index contributed by atoms with van der Waals surface area (Å²) in [6.07, 6.45) is 4.63. The number of hydrogen-bond donors (Lipinski definition) is 1. The number of piperidine rings is 1. The Hall–Kier alpha value is -2.61. The van der Waals surface area contributed by atoms with Crippen LogP contribution in [0.15, 0.2) is 48.5 Å². The molecule has 1 N–H and O–H groups in total. The van der Waals surface area contributed by atoms with Gasteiger partial charge in [0.05, 0.1) is 0 Å². The van der Waals surface area contributed by atoms with Crippen molar-refractivity contribution in [1.29, 1.82) is 0 Å². The van der Waals surface area contributed by atoms with Gasteiger partial charge < -0.3 is 14.9 Å². The molecule has 4 nitrogen and oxygen atoms in total. The summed E-state index contributed by atoms with van der Waals surface area (Å²) in [5, 5.41) is 8.95. The molecule has 1 aliphatic rings. The molecule has 1 amide bonds. The maximum atomic E-state index is 13.6. The van der Waals surface area contributed by atoms with Crippen molar-refractivity contribution in [3.05, 3.63) is 70.8 Å². The quantitative estimate of drug-likeness (QED) is 0.409. The number of carbonyl (C=O) groups excluding carboxylic acids is 1. The number of amides is 1. The van der Waals surface area contributed by atoms with Crippen LogP contribution in [0, 0.1) is 24.7 Å². The summed E-state index contributed by atoms with van der Waals surface area (Å²) in [7, 11) is 0. The van der Waals surface area contributed by atoms with Gasteiger partial charge in [0.2, 0.25) is 0 Å². The molecule has 0 unspecified atom stereocenters. The van der Waals surface area contributed by atoms with Crippen LogP contribution < -0.4 is 0 Å². The molecule has 1 aliphatic heterocycles. The summed E-state index contributed by atoms with van der Waals surface area (Å²) in [4.78, 5) is 18.3. The third-order valence-electron chi connectivity index (χ3n) is 6.55. The van der Waals surface area contributed by atoms with Gasteiger partial charge in [-0.3, -0.25) is 4.79 Å². The normalized spacial score (nSPS) is 14.6. The number of aliphatic hydroxyl groups is 1. The number of unbranched alkanes of at least 4 members (excludes halogenated alkanes) is 1. The number of rotatable bonds is 9. The van der Waals surface area contributed by atoms with Gasteiger partial charge in [-0.25, -0.2) is 0 Å². The lowest BCUT2D eigenvalue weighted by molar-refractivity contribution is 0.0546. The van der Waals surface area contributed by atoms with E-state index in [4.69, 9.17) is 5.11 Å². The second-order valence-corrected chi connectivity index (χ2v) is 9.88. The molecule has 0 aromatic heterocycles. The molecule has 1 heterocycles. The third-order valence-corrected chi connectivity index (χ3v) is 6.55. The first kappa shape index (κ1) is 26.0. The maximum absolute atomic E-state index is 13.6. The Labute approximate surface area is 206 Å². The molecular weight excluding hydrogens is 420 g/mol. The van der Waals surface area contributed by atoms with E-state index in [2.05, 4.69) is 47.6 Å². The molecule has 2 aromatic rings. The van der Waals surface area contributed by atoms with Crippen molar-refractivity contribution < 1.29 is 9.90 Å². The van der Waals surface area contributed by atoms with Crippen LogP contribution in [0.3, 0.4) is 0 Å². The highest BCUT2D eigenvalue weighted by molar-refractivity contribution is 5.94. The Bertz CT molecular complexity index is 963. The van der Waals surface area contributed by atoms with Crippen LogP contribution in [0.2, 0.25) is 0 Å². The van der Waals surface area contributed by atoms with Crippen LogP contribution in [0.4, 0.5) is 0 Å². The smallest absolute Gasteiger partial charge is 0.254 e. The predicted octanol–water partition coefficient (Wildman–Crippen LogP) is 5.27. The first-order valence-electron chi connectivity index (χ1n) is 12.7. The fraction of sp³-hybridized carbons (Fsp3) is 0.500. The molecule has 182 valence electrons. The monoisotopic (exact) mass is 460 g/mol. The Morgan fingerprint density at radius 2 is 1.88 bits per heavy atom. The average molecular weight is 461 g/mol. The fourth-order valence-corrected chi connectivity index (χ4v) is 4.40. The molecule has 1 fully saturated rings. The zero-order valence-electron chi connectivity index (χ0n) is 21.1. The summed E-state index contributed by atoms with van der Waals surface area (Å²) in [5.74, 6) is 7.16. The van der Waals surface area contributed by atoms with Crippen molar-refractivity contribution in [1.82, 2.24) is 9.80 Å². The van der Waals surface area contributed by atoms with Gasteiger partial charge in [-0.1, -0.05) is 55.5 Å². The molecule has 0 aliphatic carbocycles. The van der Waals surface area contributed by atoms with Gasteiger partial charge in [0.1, 0.15) is 0 Å². The number of nitrogens with zero attached hydrogens (tertiary/aromatic N) is 2. The van der Waals surface area contributed by atoms with Crippen LogP contribution in [0.25, 0.3) is 0 Å². The largest absolute Gasteiger partial charge is 0.396 e. The highest BCUT2D eigenvalue weighted by Crippen LogP contribution is 2.23. The molecule has 0 saturated carbocycles. The highest BCUT2D eigenvalue weighted by atomic mass is 16.2. The molecule has 0 spiro atoms. The van der Waals surface area contributed by atoms with Gasteiger partial charge in [-0.15, -0.1) is 0 Å². The van der Waals surface area contributed by atoms with Crippen LogP contribution in [0.5, 0.6) is 0 Å². The number of benzene rings is 2. The van der Waals surface area contributed by atoms with E-state index in [1.165, 1.54) is 6.42 Å². The summed E-state index contributed by atoms with van der Waals surface area (Å²) in [5.41, 5.74) is 3.99. The standard InChI is InChI=1S/C30H40N2O2/c1-24(2)15-18-31-19-16-29(17-20-31)32(30(34)28-13-11-25(3)12-14-28)23-27-10-7-9-26(22-27)8-5-4-6-21-33/h7,9-14,22,24,29,33H,4,6,15-21,23H2,1-3H3. The van der Waals surface area contributed by atoms with Crippen LogP contribution in [-0.4, -0.2) is 53.1 Å². The van der Waals surface area contributed by atoms with Crippen molar-refractivity contribution in [2.24, 2.45) is 5.92 Å². The van der Waals surface area contributed by atoms with Gasteiger partial charge >= 0.3 is 0 Å². The molecule has 34 heavy (non-hydrogen) atoms. The van der Waals surface area contributed by atoms with Crippen molar-refractivity contribution >= 4 is 5.91 Å². The number of aliphatic hydroxyl groups excluding tert-OH is 1. The Kier molecular flexibility index (Phi) is 10.2. The van der Waals surface area contributed by atoms with E-state index < -0.39 is 0 Å². The number of hydrogen-bond acceptors (Lipinski definition) is 3. The topological polar surface area (TPSA) is 43.8 Å². The molecule has 1 saturated heterocycles. The van der Waals surface area contributed by atoms with E-state index in [0.29, 0.717) is 19.4 Å². The van der Waals surface area contributed by atoms with E-state index in [1.54, 1.807) is 0 Å².